The van der Waals surface area contributed by atoms with Crippen LogP contribution in [0.15, 0.2) is 46.2 Å². The summed E-state index contributed by atoms with van der Waals surface area (Å²) in [5.41, 5.74) is 0. The predicted molar refractivity (Wildman–Crippen MR) is 59.9 cm³/mol. The summed E-state index contributed by atoms with van der Waals surface area (Å²) < 4.78 is 65.9. The zero-order valence-corrected chi connectivity index (χ0v) is 10.4. The fourth-order valence-corrected chi connectivity index (χ4v) is 2.93. The van der Waals surface area contributed by atoms with E-state index in [1.807, 2.05) is 0 Å². The fraction of sp³-hybridized carbons (Fsp3) is 0. The molecule has 2 aromatic rings. The van der Waals surface area contributed by atoms with Crippen molar-refractivity contribution < 1.29 is 25.9 Å². The molecule has 6 nitrogen and oxygen atoms in total. The molecule has 0 aliphatic rings. The molecule has 0 unspecified atom stereocenters. The van der Waals surface area contributed by atoms with Gasteiger partial charge in [0, 0.05) is 0 Å². The van der Waals surface area contributed by atoms with Crippen molar-refractivity contribution in [2.75, 3.05) is 0 Å². The van der Waals surface area contributed by atoms with E-state index in [0.29, 0.717) is 6.07 Å². The molecule has 0 spiro atoms. The Hall–Kier alpha value is -1.48. The summed E-state index contributed by atoms with van der Waals surface area (Å²) in [6, 6.07) is 7.44. The maximum Gasteiger partial charge on any atom is 0.125 e. The Morgan fingerprint density at radius 3 is 2.00 bits per heavy atom. The topological polar surface area (TPSA) is 114 Å². The lowest BCUT2D eigenvalue weighted by atomic mass is 10.1. The van der Waals surface area contributed by atoms with E-state index in [-0.39, 0.29) is 10.8 Å². The van der Waals surface area contributed by atoms with E-state index in [4.69, 9.17) is 0 Å². The quantitative estimate of drug-likeness (QED) is 0.748. The van der Waals surface area contributed by atoms with Crippen molar-refractivity contribution in [3.63, 3.8) is 0 Å². The lowest BCUT2D eigenvalue weighted by molar-refractivity contribution is 0.462. The molecule has 0 radical (unpaired) electrons. The summed E-state index contributed by atoms with van der Waals surface area (Å²) in [6.07, 6.45) is 0. The van der Waals surface area contributed by atoms with Crippen LogP contribution >= 0.6 is 0 Å². The average molecular weight is 286 g/mol. The third-order valence-electron chi connectivity index (χ3n) is 2.36. The van der Waals surface area contributed by atoms with Crippen LogP contribution in [0.3, 0.4) is 0 Å². The van der Waals surface area contributed by atoms with E-state index in [9.17, 15) is 25.9 Å². The number of hydrogen-bond acceptors (Lipinski definition) is 6. The van der Waals surface area contributed by atoms with Crippen LogP contribution in [-0.4, -0.2) is 25.9 Å². The van der Waals surface area contributed by atoms with Gasteiger partial charge in [-0.05, 0) is 22.9 Å². The maximum absolute atomic E-state index is 11.1. The third kappa shape index (κ3) is 2.36. The number of benzene rings is 2. The molecule has 0 aliphatic carbocycles. The van der Waals surface area contributed by atoms with Crippen LogP contribution in [0.5, 0.6) is 0 Å². The predicted octanol–water partition coefficient (Wildman–Crippen LogP) is 0.648. The van der Waals surface area contributed by atoms with E-state index >= 15 is 0 Å². The molecule has 2 aromatic carbocycles. The van der Waals surface area contributed by atoms with Gasteiger partial charge in [0.25, 0.3) is 0 Å². The molecule has 2 rings (SSSR count). The molecular formula is C10H6O6S2-2. The highest BCUT2D eigenvalue weighted by atomic mass is 32.2. The highest BCUT2D eigenvalue weighted by molar-refractivity contribution is 7.86. The number of hydrogen-bond donors (Lipinski definition) is 0. The van der Waals surface area contributed by atoms with Gasteiger partial charge in [-0.25, -0.2) is 16.8 Å². The van der Waals surface area contributed by atoms with Crippen molar-refractivity contribution in [2.45, 2.75) is 9.79 Å². The SMILES string of the molecule is O=S(=O)([O-])c1cc(S(=O)(=O)[O-])c2ccccc2c1. The van der Waals surface area contributed by atoms with Crippen molar-refractivity contribution in [2.24, 2.45) is 0 Å². The van der Waals surface area contributed by atoms with E-state index in [0.717, 1.165) is 6.07 Å². The molecule has 0 aromatic heterocycles. The van der Waals surface area contributed by atoms with Crippen LogP contribution in [0, 0.1) is 0 Å². The molecule has 0 N–H and O–H groups in total. The third-order valence-corrected chi connectivity index (χ3v) is 4.04. The first-order valence-corrected chi connectivity index (χ1v) is 7.46. The van der Waals surface area contributed by atoms with E-state index < -0.39 is 30.0 Å². The summed E-state index contributed by atoms with van der Waals surface area (Å²) in [7, 11) is -9.70. The zero-order valence-electron chi connectivity index (χ0n) is 8.73. The summed E-state index contributed by atoms with van der Waals surface area (Å²) >= 11 is 0. The molecule has 0 heterocycles. The van der Waals surface area contributed by atoms with Crippen LogP contribution in [0.25, 0.3) is 10.8 Å². The zero-order chi connectivity index (χ0) is 13.6. The van der Waals surface area contributed by atoms with Gasteiger partial charge in [0.1, 0.15) is 20.2 Å². The van der Waals surface area contributed by atoms with Gasteiger partial charge in [0.2, 0.25) is 0 Å². The lowest BCUT2D eigenvalue weighted by Gasteiger charge is -2.14. The first kappa shape index (κ1) is 13.0. The summed E-state index contributed by atoms with van der Waals surface area (Å²) in [4.78, 5) is -1.45. The smallest absolute Gasteiger partial charge is 0.125 e. The molecule has 0 atom stereocenters. The van der Waals surface area contributed by atoms with Crippen LogP contribution in [-0.2, 0) is 20.2 Å². The molecular weight excluding hydrogens is 280 g/mol. The Morgan fingerprint density at radius 2 is 1.44 bits per heavy atom. The summed E-state index contributed by atoms with van der Waals surface area (Å²) in [5, 5.41) is 0.281. The van der Waals surface area contributed by atoms with E-state index in [1.165, 1.54) is 24.3 Å². The van der Waals surface area contributed by atoms with Crippen LogP contribution in [0.4, 0.5) is 0 Å². The maximum atomic E-state index is 11.1. The van der Waals surface area contributed by atoms with Gasteiger partial charge in [-0.15, -0.1) is 0 Å². The minimum atomic E-state index is -4.87. The largest absolute Gasteiger partial charge is 0.744 e. The normalized spacial score (nSPS) is 12.8. The van der Waals surface area contributed by atoms with Gasteiger partial charge in [-0.3, -0.25) is 0 Å². The Kier molecular flexibility index (Phi) is 2.90. The molecule has 8 heteroatoms. The van der Waals surface area contributed by atoms with Crippen molar-refractivity contribution in [3.8, 4) is 0 Å². The van der Waals surface area contributed by atoms with E-state index in [1.54, 1.807) is 0 Å². The van der Waals surface area contributed by atoms with Gasteiger partial charge in [0.15, 0.2) is 0 Å². The minimum Gasteiger partial charge on any atom is -0.744 e. The Labute approximate surface area is 103 Å². The second-order valence-electron chi connectivity index (χ2n) is 3.55. The second-order valence-corrected chi connectivity index (χ2v) is 6.28. The molecule has 18 heavy (non-hydrogen) atoms. The summed E-state index contributed by atoms with van der Waals surface area (Å²) in [6.45, 7) is 0. The van der Waals surface area contributed by atoms with Crippen molar-refractivity contribution in [1.82, 2.24) is 0 Å². The molecule has 0 bridgehead atoms. The Bertz CT molecular complexity index is 821. The fourth-order valence-electron chi connectivity index (χ4n) is 1.60. The molecule has 0 saturated heterocycles. The van der Waals surface area contributed by atoms with Crippen LogP contribution in [0.2, 0.25) is 0 Å². The van der Waals surface area contributed by atoms with Gasteiger partial charge in [-0.1, -0.05) is 24.3 Å². The van der Waals surface area contributed by atoms with Crippen LogP contribution < -0.4 is 0 Å². The molecule has 0 aliphatic heterocycles. The number of rotatable bonds is 2. The van der Waals surface area contributed by atoms with E-state index in [2.05, 4.69) is 0 Å². The molecule has 0 fully saturated rings. The van der Waals surface area contributed by atoms with Gasteiger partial charge in [-0.2, -0.15) is 0 Å². The minimum absolute atomic E-state index is 0.0832. The summed E-state index contributed by atoms with van der Waals surface area (Å²) in [5.74, 6) is 0. The van der Waals surface area contributed by atoms with Crippen molar-refractivity contribution in [1.29, 1.82) is 0 Å². The second kappa shape index (κ2) is 4.02. The van der Waals surface area contributed by atoms with Crippen molar-refractivity contribution >= 4 is 31.0 Å². The lowest BCUT2D eigenvalue weighted by Crippen LogP contribution is -2.04. The average Bonchev–Trinajstić information content (AvgIpc) is 2.25. The van der Waals surface area contributed by atoms with Crippen LogP contribution in [0.1, 0.15) is 0 Å². The van der Waals surface area contributed by atoms with Crippen molar-refractivity contribution in [3.05, 3.63) is 36.4 Å². The van der Waals surface area contributed by atoms with Gasteiger partial charge in [0.05, 0.1) is 9.79 Å². The molecule has 0 amide bonds. The highest BCUT2D eigenvalue weighted by Crippen LogP contribution is 2.26. The number of fused-ring (bicyclic) bond motifs is 1. The first-order chi connectivity index (χ1) is 8.19. The Balaban J connectivity index is 3.00. The standard InChI is InChI=1S/C10H8O6S2/c11-17(12,13)8-5-7-3-1-2-4-9(7)10(6-8)18(14,15)16/h1-6H,(H,11,12,13)(H,14,15,16)/p-2. The van der Waals surface area contributed by atoms with Gasteiger partial charge < -0.3 is 9.11 Å². The van der Waals surface area contributed by atoms with Gasteiger partial charge >= 0.3 is 0 Å². The Morgan fingerprint density at radius 1 is 0.833 bits per heavy atom. The molecule has 0 saturated carbocycles. The highest BCUT2D eigenvalue weighted by Gasteiger charge is 2.12. The molecule has 96 valence electrons. The monoisotopic (exact) mass is 286 g/mol. The first-order valence-electron chi connectivity index (χ1n) is 4.64.